The molecule has 1 atom stereocenters. The van der Waals surface area contributed by atoms with Gasteiger partial charge in [0.15, 0.2) is 0 Å². The quantitative estimate of drug-likeness (QED) is 0.700. The van der Waals surface area contributed by atoms with E-state index in [-0.39, 0.29) is 0 Å². The van der Waals surface area contributed by atoms with Crippen molar-refractivity contribution in [2.45, 2.75) is 39.5 Å². The van der Waals surface area contributed by atoms with E-state index in [2.05, 4.69) is 61.2 Å². The lowest BCUT2D eigenvalue weighted by molar-refractivity contribution is -0.132. The van der Waals surface area contributed by atoms with E-state index in [1.165, 1.54) is 22.4 Å². The number of carbonyl (C=O) groups is 1. The lowest BCUT2D eigenvalue weighted by Crippen LogP contribution is -2.26. The Kier molecular flexibility index (Phi) is 5.77. The molecule has 0 amide bonds. The van der Waals surface area contributed by atoms with Gasteiger partial charge in [-0.3, -0.25) is 0 Å². The minimum Gasteiger partial charge on any atom is -0.478 e. The maximum absolute atomic E-state index is 11.4. The number of hydrogen-bond acceptors (Lipinski definition) is 2. The molecule has 0 fully saturated rings. The van der Waals surface area contributed by atoms with E-state index in [9.17, 15) is 9.90 Å². The summed E-state index contributed by atoms with van der Waals surface area (Å²) >= 11 is 0. The zero-order valence-electron chi connectivity index (χ0n) is 15.6. The third kappa shape index (κ3) is 4.16. The zero-order valence-corrected chi connectivity index (χ0v) is 15.6. The van der Waals surface area contributed by atoms with E-state index in [0.29, 0.717) is 17.9 Å². The molecule has 1 aliphatic heterocycles. The van der Waals surface area contributed by atoms with Crippen LogP contribution in [0.15, 0.2) is 71.6 Å². The average molecular weight is 349 g/mol. The minimum absolute atomic E-state index is 0.326. The lowest BCUT2D eigenvalue weighted by atomic mass is 9.99. The predicted molar refractivity (Wildman–Crippen MR) is 106 cm³/mol. The van der Waals surface area contributed by atoms with Gasteiger partial charge in [-0.1, -0.05) is 55.5 Å². The van der Waals surface area contributed by atoms with Crippen LogP contribution in [0.3, 0.4) is 0 Å². The number of nitrogens with zero attached hydrogens (tertiary/aromatic N) is 1. The van der Waals surface area contributed by atoms with Crippen molar-refractivity contribution in [2.75, 3.05) is 6.54 Å². The standard InChI is InChI=1S/C23H27NO2/c1-3-18(19-8-5-4-6-9-19)13-12-17(2)15-24-16-21(23(25)26)14-20-10-7-11-22(20)24/h3-6,8-9,12-13,16-17H,7,10-11,14-15H2,1-2H3,(H,25,26)/b13-12-,18-3+. The van der Waals surface area contributed by atoms with E-state index in [0.717, 1.165) is 25.8 Å². The molecule has 1 heterocycles. The van der Waals surface area contributed by atoms with E-state index >= 15 is 0 Å². The van der Waals surface area contributed by atoms with Crippen LogP contribution >= 0.6 is 0 Å². The Morgan fingerprint density at radius 3 is 2.73 bits per heavy atom. The number of hydrogen-bond donors (Lipinski definition) is 1. The van der Waals surface area contributed by atoms with Crippen LogP contribution in [0.25, 0.3) is 5.57 Å². The Balaban J connectivity index is 1.71. The molecule has 0 saturated carbocycles. The Morgan fingerprint density at radius 2 is 2.04 bits per heavy atom. The normalized spacial score (nSPS) is 18.9. The molecular weight excluding hydrogens is 322 g/mol. The highest BCUT2D eigenvalue weighted by Crippen LogP contribution is 2.37. The van der Waals surface area contributed by atoms with Gasteiger partial charge in [0.1, 0.15) is 0 Å². The molecule has 3 rings (SSSR count). The van der Waals surface area contributed by atoms with Gasteiger partial charge in [-0.2, -0.15) is 0 Å². The molecule has 2 aliphatic rings. The van der Waals surface area contributed by atoms with Crippen LogP contribution in [0.1, 0.15) is 45.1 Å². The van der Waals surface area contributed by atoms with Gasteiger partial charge in [-0.05, 0) is 48.8 Å². The second-order valence-corrected chi connectivity index (χ2v) is 7.14. The van der Waals surface area contributed by atoms with Gasteiger partial charge in [0.05, 0.1) is 5.57 Å². The Labute approximate surface area is 156 Å². The van der Waals surface area contributed by atoms with Gasteiger partial charge in [0.2, 0.25) is 0 Å². The van der Waals surface area contributed by atoms with E-state index in [1.54, 1.807) is 0 Å². The number of carboxylic acids is 1. The summed E-state index contributed by atoms with van der Waals surface area (Å²) < 4.78 is 0. The largest absolute Gasteiger partial charge is 0.478 e. The fourth-order valence-electron chi connectivity index (χ4n) is 3.79. The van der Waals surface area contributed by atoms with Crippen LogP contribution in [-0.2, 0) is 4.79 Å². The van der Waals surface area contributed by atoms with Crippen molar-refractivity contribution >= 4 is 11.5 Å². The van der Waals surface area contributed by atoms with E-state index in [4.69, 9.17) is 0 Å². The van der Waals surface area contributed by atoms with Crippen LogP contribution in [0.4, 0.5) is 0 Å². The third-order valence-corrected chi connectivity index (χ3v) is 5.14. The number of aliphatic carboxylic acids is 1. The van der Waals surface area contributed by atoms with Crippen molar-refractivity contribution in [3.8, 4) is 0 Å². The topological polar surface area (TPSA) is 40.5 Å². The van der Waals surface area contributed by atoms with Gasteiger partial charge < -0.3 is 10.0 Å². The molecule has 0 bridgehead atoms. The summed E-state index contributed by atoms with van der Waals surface area (Å²) in [6.07, 6.45) is 12.2. The highest BCUT2D eigenvalue weighted by atomic mass is 16.4. The summed E-state index contributed by atoms with van der Waals surface area (Å²) in [6, 6.07) is 10.4. The molecule has 1 aromatic rings. The first-order valence-electron chi connectivity index (χ1n) is 9.40. The maximum Gasteiger partial charge on any atom is 0.333 e. The SMILES string of the molecule is C/C=C(\C=C/C(C)CN1C=C(C(=O)O)CC2=C1CCC2)c1ccccc1. The molecule has 0 saturated heterocycles. The molecule has 26 heavy (non-hydrogen) atoms. The second kappa shape index (κ2) is 8.22. The Hall–Kier alpha value is -2.55. The van der Waals surface area contributed by atoms with Crippen molar-refractivity contribution in [1.29, 1.82) is 0 Å². The first-order valence-corrected chi connectivity index (χ1v) is 9.40. The van der Waals surface area contributed by atoms with Crippen molar-refractivity contribution in [3.63, 3.8) is 0 Å². The fraction of sp³-hybridized carbons (Fsp3) is 0.348. The number of rotatable bonds is 6. The van der Waals surface area contributed by atoms with Gasteiger partial charge in [-0.15, -0.1) is 0 Å². The zero-order chi connectivity index (χ0) is 18.5. The van der Waals surface area contributed by atoms with Gasteiger partial charge >= 0.3 is 5.97 Å². The summed E-state index contributed by atoms with van der Waals surface area (Å²) in [5, 5.41) is 9.41. The van der Waals surface area contributed by atoms with Crippen LogP contribution in [0.5, 0.6) is 0 Å². The monoisotopic (exact) mass is 349 g/mol. The summed E-state index contributed by atoms with van der Waals surface area (Å²) in [5.41, 5.74) is 5.60. The molecule has 0 radical (unpaired) electrons. The highest BCUT2D eigenvalue weighted by molar-refractivity contribution is 5.87. The Bertz CT molecular complexity index is 784. The van der Waals surface area contributed by atoms with Gasteiger partial charge in [0.25, 0.3) is 0 Å². The summed E-state index contributed by atoms with van der Waals surface area (Å²) in [4.78, 5) is 13.6. The predicted octanol–water partition coefficient (Wildman–Crippen LogP) is 5.39. The van der Waals surface area contributed by atoms with E-state index < -0.39 is 5.97 Å². The molecule has 1 aromatic carbocycles. The van der Waals surface area contributed by atoms with Crippen LogP contribution in [0.2, 0.25) is 0 Å². The molecule has 0 spiro atoms. The molecule has 1 aliphatic carbocycles. The van der Waals surface area contributed by atoms with Crippen LogP contribution in [-0.4, -0.2) is 22.5 Å². The number of carboxylic acid groups (broad SMARTS) is 1. The number of benzene rings is 1. The van der Waals surface area contributed by atoms with Gasteiger partial charge in [-0.25, -0.2) is 4.79 Å². The molecule has 136 valence electrons. The van der Waals surface area contributed by atoms with Crippen LogP contribution < -0.4 is 0 Å². The summed E-state index contributed by atoms with van der Waals surface area (Å²) in [5.74, 6) is -0.468. The average Bonchev–Trinajstić information content (AvgIpc) is 3.12. The first kappa shape index (κ1) is 18.2. The summed E-state index contributed by atoms with van der Waals surface area (Å²) in [6.45, 7) is 5.06. The molecule has 3 nitrogen and oxygen atoms in total. The minimum atomic E-state index is -0.795. The first-order chi connectivity index (χ1) is 12.6. The fourth-order valence-corrected chi connectivity index (χ4v) is 3.79. The third-order valence-electron chi connectivity index (χ3n) is 5.14. The molecule has 1 N–H and O–H groups in total. The summed E-state index contributed by atoms with van der Waals surface area (Å²) in [7, 11) is 0. The molecule has 1 unspecified atom stereocenters. The smallest absolute Gasteiger partial charge is 0.333 e. The van der Waals surface area contributed by atoms with Crippen molar-refractivity contribution < 1.29 is 9.90 Å². The van der Waals surface area contributed by atoms with Crippen LogP contribution in [0, 0.1) is 5.92 Å². The highest BCUT2D eigenvalue weighted by Gasteiger charge is 2.27. The van der Waals surface area contributed by atoms with Gasteiger partial charge in [0, 0.05) is 24.9 Å². The Morgan fingerprint density at radius 1 is 1.27 bits per heavy atom. The molecular formula is C23H27NO2. The van der Waals surface area contributed by atoms with E-state index in [1.807, 2.05) is 12.3 Å². The molecule has 0 aromatic heterocycles. The van der Waals surface area contributed by atoms with Crippen molar-refractivity contribution in [3.05, 3.63) is 77.2 Å². The lowest BCUT2D eigenvalue weighted by Gasteiger charge is -2.30. The number of allylic oxidation sites excluding steroid dienone is 5. The van der Waals surface area contributed by atoms with Crippen molar-refractivity contribution in [1.82, 2.24) is 4.90 Å². The maximum atomic E-state index is 11.4. The second-order valence-electron chi connectivity index (χ2n) is 7.14. The van der Waals surface area contributed by atoms with Crippen molar-refractivity contribution in [2.24, 2.45) is 5.92 Å². The molecule has 3 heteroatoms.